The second kappa shape index (κ2) is 14.4. The van der Waals surface area contributed by atoms with E-state index in [1.165, 1.54) is 0 Å². The molecule has 2 aromatic heterocycles. The van der Waals surface area contributed by atoms with Gasteiger partial charge in [-0.3, -0.25) is 9.59 Å². The van der Waals surface area contributed by atoms with Crippen LogP contribution in [0.1, 0.15) is 31.2 Å². The number of piperazine rings is 1. The van der Waals surface area contributed by atoms with Gasteiger partial charge in [-0.2, -0.15) is 5.21 Å². The van der Waals surface area contributed by atoms with Crippen LogP contribution in [-0.2, 0) is 16.0 Å². The van der Waals surface area contributed by atoms with Crippen molar-refractivity contribution < 1.29 is 9.59 Å². The summed E-state index contributed by atoms with van der Waals surface area (Å²) in [6.07, 6.45) is 5.66. The maximum absolute atomic E-state index is 13.6. The normalized spacial score (nSPS) is 19.1. The maximum Gasteiger partial charge on any atom is 0.247 e. The van der Waals surface area contributed by atoms with Crippen molar-refractivity contribution in [2.45, 2.75) is 38.1 Å². The van der Waals surface area contributed by atoms with Crippen molar-refractivity contribution in [1.29, 1.82) is 0 Å². The number of hydrogen-bond acceptors (Lipinski definition) is 9. The lowest BCUT2D eigenvalue weighted by Gasteiger charge is -2.28. The summed E-state index contributed by atoms with van der Waals surface area (Å²) in [6, 6.07) is 18.8. The molecule has 1 saturated carbocycles. The first kappa shape index (κ1) is 30.4. The molecule has 12 nitrogen and oxygen atoms in total. The summed E-state index contributed by atoms with van der Waals surface area (Å²) in [5.41, 5.74) is 10.4. The number of H-pyrrole nitrogens is 1. The van der Waals surface area contributed by atoms with Gasteiger partial charge in [0.15, 0.2) is 0 Å². The molecule has 2 amide bonds. The lowest BCUT2D eigenvalue weighted by molar-refractivity contribution is -0.130. The molecule has 234 valence electrons. The number of hydrogen-bond donors (Lipinski definition) is 5. The monoisotopic (exact) mass is 608 g/mol. The molecule has 6 rings (SSSR count). The van der Waals surface area contributed by atoms with Gasteiger partial charge in [0.2, 0.25) is 17.6 Å². The number of anilines is 2. The summed E-state index contributed by atoms with van der Waals surface area (Å²) >= 11 is 0. The second-order valence-electron chi connectivity index (χ2n) is 11.9. The lowest BCUT2D eigenvalue weighted by atomic mass is 9.81. The van der Waals surface area contributed by atoms with E-state index in [2.05, 4.69) is 64.7 Å². The number of nitrogens with one attached hydrogen (secondary N) is 4. The number of carbonyl (C=O) groups is 2. The van der Waals surface area contributed by atoms with E-state index in [1.54, 1.807) is 12.1 Å². The fraction of sp³-hybridized carbons (Fsp3) is 0.394. The zero-order valence-corrected chi connectivity index (χ0v) is 25.3. The molecule has 1 saturated heterocycles. The highest BCUT2D eigenvalue weighted by atomic mass is 16.2. The Kier molecular flexibility index (Phi) is 9.71. The predicted octanol–water partition coefficient (Wildman–Crippen LogP) is 2.77. The minimum atomic E-state index is -0.743. The average Bonchev–Trinajstić information content (AvgIpc) is 3.64. The predicted molar refractivity (Wildman–Crippen MR) is 173 cm³/mol. The van der Waals surface area contributed by atoms with Crippen molar-refractivity contribution in [1.82, 2.24) is 36.2 Å². The molecule has 2 fully saturated rings. The molecule has 2 aromatic carbocycles. The summed E-state index contributed by atoms with van der Waals surface area (Å²) in [4.78, 5) is 33.9. The molecule has 2 aliphatic rings. The Balaban J connectivity index is 1.16. The number of tetrazole rings is 1. The zero-order valence-electron chi connectivity index (χ0n) is 25.3. The van der Waals surface area contributed by atoms with Gasteiger partial charge in [-0.1, -0.05) is 24.3 Å². The fourth-order valence-electron chi connectivity index (χ4n) is 6.11. The molecule has 12 heteroatoms. The second-order valence-corrected chi connectivity index (χ2v) is 11.9. The van der Waals surface area contributed by atoms with Gasteiger partial charge in [-0.25, -0.2) is 4.98 Å². The number of carbonyl (C=O) groups excluding carboxylic acids is 2. The summed E-state index contributed by atoms with van der Waals surface area (Å²) < 4.78 is 0. The molecule has 1 atom stereocenters. The number of aromatic amines is 1. The van der Waals surface area contributed by atoms with Crippen molar-refractivity contribution in [2.24, 2.45) is 17.6 Å². The molecule has 0 spiro atoms. The van der Waals surface area contributed by atoms with Gasteiger partial charge in [0.1, 0.15) is 11.9 Å². The van der Waals surface area contributed by atoms with Crippen LogP contribution in [0.2, 0.25) is 0 Å². The Morgan fingerprint density at radius 3 is 2.36 bits per heavy atom. The minimum Gasteiger partial charge on any atom is -0.354 e. The Morgan fingerprint density at radius 2 is 1.67 bits per heavy atom. The first-order chi connectivity index (χ1) is 22.1. The Labute approximate surface area is 262 Å². The van der Waals surface area contributed by atoms with Gasteiger partial charge < -0.3 is 26.6 Å². The smallest absolute Gasteiger partial charge is 0.247 e. The topological polar surface area (TPSA) is 167 Å². The lowest BCUT2D eigenvalue weighted by Crippen LogP contribution is -2.48. The number of nitrogens with zero attached hydrogens (tertiary/aromatic N) is 5. The number of benzene rings is 2. The van der Waals surface area contributed by atoms with Crippen LogP contribution in [0.15, 0.2) is 66.9 Å². The van der Waals surface area contributed by atoms with Crippen molar-refractivity contribution in [3.8, 4) is 22.5 Å². The molecule has 6 N–H and O–H groups in total. The largest absolute Gasteiger partial charge is 0.354 e. The van der Waals surface area contributed by atoms with Crippen LogP contribution in [-0.4, -0.2) is 76.2 Å². The Bertz CT molecular complexity index is 1550. The van der Waals surface area contributed by atoms with E-state index in [0.717, 1.165) is 79.9 Å². The van der Waals surface area contributed by atoms with Crippen LogP contribution >= 0.6 is 0 Å². The van der Waals surface area contributed by atoms with Crippen molar-refractivity contribution in [3.05, 3.63) is 72.4 Å². The van der Waals surface area contributed by atoms with Crippen molar-refractivity contribution in [2.75, 3.05) is 42.9 Å². The molecule has 1 aliphatic carbocycles. The molecular formula is C33H40N10O2. The molecule has 3 heterocycles. The Morgan fingerprint density at radius 1 is 0.933 bits per heavy atom. The van der Waals surface area contributed by atoms with E-state index >= 15 is 0 Å². The SMILES string of the molecule is NCC1CCC(C(=O)N[C@@H](Cc2ccc(-c3ccnc(N4CCNCC4)c3)cc2)C(=O)Nc2ccc(-c3nn[nH]n3)cc2)CC1. The van der Waals surface area contributed by atoms with Crippen LogP contribution in [0, 0.1) is 11.8 Å². The summed E-state index contributed by atoms with van der Waals surface area (Å²) in [7, 11) is 0. The minimum absolute atomic E-state index is 0.0769. The van der Waals surface area contributed by atoms with Gasteiger partial charge in [0, 0.05) is 56.0 Å². The molecule has 4 aromatic rings. The van der Waals surface area contributed by atoms with Gasteiger partial charge in [0.25, 0.3) is 0 Å². The first-order valence-corrected chi connectivity index (χ1v) is 15.7. The summed E-state index contributed by atoms with van der Waals surface area (Å²) in [5, 5.41) is 23.5. The average molecular weight is 609 g/mol. The Hall–Kier alpha value is -4.68. The highest BCUT2D eigenvalue weighted by molar-refractivity contribution is 5.97. The fourth-order valence-corrected chi connectivity index (χ4v) is 6.11. The molecule has 0 radical (unpaired) electrons. The molecule has 1 aliphatic heterocycles. The van der Waals surface area contributed by atoms with Crippen molar-refractivity contribution in [3.63, 3.8) is 0 Å². The molecule has 45 heavy (non-hydrogen) atoms. The number of pyridine rings is 1. The third-order valence-electron chi connectivity index (χ3n) is 8.85. The van der Waals surface area contributed by atoms with Crippen LogP contribution in [0.25, 0.3) is 22.5 Å². The standard InChI is InChI=1S/C33H40N10O2/c34-21-23-3-7-26(8-4-23)32(44)38-29(33(45)37-28-11-9-25(10-12-28)31-39-41-42-40-31)19-22-1-5-24(6-2-22)27-13-14-36-30(20-27)43-17-15-35-16-18-43/h1-2,5-6,9-14,20,23,26,29,35H,3-4,7-8,15-19,21,34H2,(H,37,45)(H,38,44)(H,39,40,41,42)/t23?,26?,29-/m0/s1. The highest BCUT2D eigenvalue weighted by Gasteiger charge is 2.29. The van der Waals surface area contributed by atoms with E-state index in [0.29, 0.717) is 30.4 Å². The van der Waals surface area contributed by atoms with E-state index in [-0.39, 0.29) is 17.7 Å². The van der Waals surface area contributed by atoms with Crippen LogP contribution in [0.3, 0.4) is 0 Å². The van der Waals surface area contributed by atoms with E-state index in [4.69, 9.17) is 5.73 Å². The van der Waals surface area contributed by atoms with Crippen LogP contribution < -0.4 is 26.6 Å². The highest BCUT2D eigenvalue weighted by Crippen LogP contribution is 2.29. The van der Waals surface area contributed by atoms with E-state index < -0.39 is 6.04 Å². The van der Waals surface area contributed by atoms with Crippen LogP contribution in [0.5, 0.6) is 0 Å². The number of nitrogens with two attached hydrogens (primary N) is 1. The molecular weight excluding hydrogens is 568 g/mol. The van der Waals surface area contributed by atoms with E-state index in [1.807, 2.05) is 36.5 Å². The molecule has 0 bridgehead atoms. The van der Waals surface area contributed by atoms with E-state index in [9.17, 15) is 9.59 Å². The number of aromatic nitrogens is 5. The quantitative estimate of drug-likeness (QED) is 0.182. The van der Waals surface area contributed by atoms with Crippen molar-refractivity contribution >= 4 is 23.3 Å². The van der Waals surface area contributed by atoms with Gasteiger partial charge in [0.05, 0.1) is 0 Å². The third kappa shape index (κ3) is 7.70. The van der Waals surface area contributed by atoms with Crippen LogP contribution in [0.4, 0.5) is 11.5 Å². The summed E-state index contributed by atoms with van der Waals surface area (Å²) in [5.74, 6) is 1.45. The third-order valence-corrected chi connectivity index (χ3v) is 8.85. The number of amides is 2. The zero-order chi connectivity index (χ0) is 31.0. The molecule has 0 unspecified atom stereocenters. The van der Waals surface area contributed by atoms with Gasteiger partial charge in [-0.05, 0) is 96.4 Å². The van der Waals surface area contributed by atoms with Gasteiger partial charge in [-0.15, -0.1) is 10.2 Å². The summed E-state index contributed by atoms with van der Waals surface area (Å²) in [6.45, 7) is 4.42. The number of rotatable bonds is 10. The first-order valence-electron chi connectivity index (χ1n) is 15.7. The maximum atomic E-state index is 13.6. The van der Waals surface area contributed by atoms with Gasteiger partial charge >= 0.3 is 0 Å².